The second kappa shape index (κ2) is 6.97. The van der Waals surface area contributed by atoms with Gasteiger partial charge in [0.2, 0.25) is 5.75 Å². The number of anilines is 1. The van der Waals surface area contributed by atoms with Gasteiger partial charge in [0.1, 0.15) is 5.70 Å². The first-order chi connectivity index (χ1) is 12.4. The van der Waals surface area contributed by atoms with Gasteiger partial charge in [-0.3, -0.25) is 4.79 Å². The lowest BCUT2D eigenvalue weighted by Crippen LogP contribution is -2.30. The van der Waals surface area contributed by atoms with Gasteiger partial charge in [-0.2, -0.15) is 0 Å². The molecular formula is C18H15ClN2O5. The quantitative estimate of drug-likeness (QED) is 0.634. The summed E-state index contributed by atoms with van der Waals surface area (Å²) < 4.78 is 10.2. The van der Waals surface area contributed by atoms with Crippen LogP contribution < -0.4 is 19.7 Å². The Morgan fingerprint density at radius 1 is 1.12 bits per heavy atom. The summed E-state index contributed by atoms with van der Waals surface area (Å²) in [5.74, 6) is -0.317. The van der Waals surface area contributed by atoms with Gasteiger partial charge in [-0.15, -0.1) is 0 Å². The van der Waals surface area contributed by atoms with Crippen molar-refractivity contribution >= 4 is 35.3 Å². The van der Waals surface area contributed by atoms with Gasteiger partial charge in [0.15, 0.2) is 11.5 Å². The fourth-order valence-corrected chi connectivity index (χ4v) is 2.73. The lowest BCUT2D eigenvalue weighted by molar-refractivity contribution is -0.113. The number of carbonyl (C=O) groups is 2. The summed E-state index contributed by atoms with van der Waals surface area (Å²) in [5.41, 5.74) is 0.946. The highest BCUT2D eigenvalue weighted by atomic mass is 35.5. The van der Waals surface area contributed by atoms with Gasteiger partial charge in [-0.05, 0) is 42.0 Å². The maximum atomic E-state index is 12.6. The van der Waals surface area contributed by atoms with E-state index in [9.17, 15) is 14.7 Å². The molecule has 1 heterocycles. The van der Waals surface area contributed by atoms with E-state index in [1.54, 1.807) is 18.2 Å². The van der Waals surface area contributed by atoms with E-state index in [1.165, 1.54) is 38.5 Å². The number of nitrogens with one attached hydrogen (secondary N) is 1. The molecule has 0 aliphatic carbocycles. The second-order valence-corrected chi connectivity index (χ2v) is 5.82. The Morgan fingerprint density at radius 3 is 2.35 bits per heavy atom. The summed E-state index contributed by atoms with van der Waals surface area (Å²) in [6, 6.07) is 8.89. The number of urea groups is 1. The van der Waals surface area contributed by atoms with Crippen molar-refractivity contribution in [2.45, 2.75) is 0 Å². The molecule has 26 heavy (non-hydrogen) atoms. The van der Waals surface area contributed by atoms with Crippen LogP contribution in [0.4, 0.5) is 10.5 Å². The molecule has 1 aliphatic heterocycles. The number of rotatable bonds is 4. The van der Waals surface area contributed by atoms with Crippen molar-refractivity contribution in [3.05, 3.63) is 52.7 Å². The molecular weight excluding hydrogens is 360 g/mol. The van der Waals surface area contributed by atoms with Gasteiger partial charge in [0.05, 0.1) is 19.9 Å². The topological polar surface area (TPSA) is 88.1 Å². The van der Waals surface area contributed by atoms with Gasteiger partial charge in [-0.25, -0.2) is 9.69 Å². The van der Waals surface area contributed by atoms with Gasteiger partial charge in [0.25, 0.3) is 5.91 Å². The Labute approximate surface area is 154 Å². The molecule has 3 amide bonds. The summed E-state index contributed by atoms with van der Waals surface area (Å²) in [4.78, 5) is 25.8. The van der Waals surface area contributed by atoms with Crippen LogP contribution in [0.5, 0.6) is 17.2 Å². The fraction of sp³-hybridized carbons (Fsp3) is 0.111. The van der Waals surface area contributed by atoms with Crippen LogP contribution in [0, 0.1) is 0 Å². The average Bonchev–Trinajstić information content (AvgIpc) is 2.89. The van der Waals surface area contributed by atoms with Crippen LogP contribution in [0.1, 0.15) is 5.56 Å². The first-order valence-corrected chi connectivity index (χ1v) is 7.90. The summed E-state index contributed by atoms with van der Waals surface area (Å²) in [5, 5.41) is 12.9. The summed E-state index contributed by atoms with van der Waals surface area (Å²) in [6.45, 7) is 0. The van der Waals surface area contributed by atoms with Crippen LogP contribution in [0.2, 0.25) is 5.02 Å². The number of ether oxygens (including phenoxy) is 2. The molecule has 134 valence electrons. The van der Waals surface area contributed by atoms with Gasteiger partial charge < -0.3 is 19.9 Å². The Bertz CT molecular complexity index is 901. The predicted octanol–water partition coefficient (Wildman–Crippen LogP) is 3.16. The monoisotopic (exact) mass is 374 g/mol. The summed E-state index contributed by atoms with van der Waals surface area (Å²) in [6.07, 6.45) is 1.47. The molecule has 0 aromatic heterocycles. The van der Waals surface area contributed by atoms with Crippen LogP contribution in [0.3, 0.4) is 0 Å². The smallest absolute Gasteiger partial charge is 0.333 e. The highest BCUT2D eigenvalue weighted by molar-refractivity contribution is 6.32. The van der Waals surface area contributed by atoms with Crippen molar-refractivity contribution in [2.75, 3.05) is 19.1 Å². The van der Waals surface area contributed by atoms with E-state index in [0.717, 1.165) is 4.90 Å². The van der Waals surface area contributed by atoms with Crippen LogP contribution in [0.15, 0.2) is 42.1 Å². The van der Waals surface area contributed by atoms with E-state index in [1.807, 2.05) is 0 Å². The standard InChI is InChI=1S/C18H15ClN2O5/c1-25-14-7-10(8-15(26-2)16(14)22)6-13-17(23)21(18(24)20-13)12-5-3-4-11(19)9-12/h3-9,22H,1-2H3,(H,20,24). The van der Waals surface area contributed by atoms with E-state index >= 15 is 0 Å². The number of phenols is 1. The Morgan fingerprint density at radius 2 is 1.77 bits per heavy atom. The molecule has 2 N–H and O–H groups in total. The molecule has 2 aromatic carbocycles. The minimum absolute atomic E-state index is 0.0739. The number of benzene rings is 2. The van der Waals surface area contributed by atoms with Crippen molar-refractivity contribution in [3.63, 3.8) is 0 Å². The molecule has 0 saturated carbocycles. The normalized spacial score (nSPS) is 15.3. The molecule has 0 spiro atoms. The first-order valence-electron chi connectivity index (χ1n) is 7.52. The van der Waals surface area contributed by atoms with Crippen LogP contribution >= 0.6 is 11.6 Å². The zero-order valence-corrected chi connectivity index (χ0v) is 14.7. The van der Waals surface area contributed by atoms with Crippen molar-refractivity contribution in [1.82, 2.24) is 5.32 Å². The van der Waals surface area contributed by atoms with Crippen molar-refractivity contribution in [3.8, 4) is 17.2 Å². The zero-order valence-electron chi connectivity index (χ0n) is 13.9. The zero-order chi connectivity index (χ0) is 18.8. The third-order valence-electron chi connectivity index (χ3n) is 3.76. The molecule has 1 aliphatic rings. The van der Waals surface area contributed by atoms with Gasteiger partial charge >= 0.3 is 6.03 Å². The number of nitrogens with zero attached hydrogens (tertiary/aromatic N) is 1. The molecule has 0 atom stereocenters. The third-order valence-corrected chi connectivity index (χ3v) is 3.99. The Kier molecular flexibility index (Phi) is 4.73. The number of hydrogen-bond acceptors (Lipinski definition) is 5. The van der Waals surface area contributed by atoms with E-state index in [0.29, 0.717) is 16.3 Å². The third kappa shape index (κ3) is 3.16. The largest absolute Gasteiger partial charge is 0.502 e. The van der Waals surface area contributed by atoms with E-state index in [4.69, 9.17) is 21.1 Å². The maximum Gasteiger partial charge on any atom is 0.333 e. The van der Waals surface area contributed by atoms with Crippen molar-refractivity contribution in [1.29, 1.82) is 0 Å². The molecule has 1 saturated heterocycles. The fourth-order valence-electron chi connectivity index (χ4n) is 2.55. The number of amides is 3. The Hall–Kier alpha value is -3.19. The van der Waals surface area contributed by atoms with Crippen LogP contribution in [-0.2, 0) is 4.79 Å². The van der Waals surface area contributed by atoms with Gasteiger partial charge in [-0.1, -0.05) is 17.7 Å². The molecule has 0 unspecified atom stereocenters. The van der Waals surface area contributed by atoms with E-state index in [2.05, 4.69) is 5.32 Å². The van der Waals surface area contributed by atoms with Crippen LogP contribution in [-0.4, -0.2) is 31.3 Å². The molecule has 8 heteroatoms. The lowest BCUT2D eigenvalue weighted by atomic mass is 10.1. The first kappa shape index (κ1) is 17.6. The number of imide groups is 1. The molecule has 1 fully saturated rings. The van der Waals surface area contributed by atoms with E-state index in [-0.39, 0.29) is 22.9 Å². The Balaban J connectivity index is 1.98. The average molecular weight is 375 g/mol. The van der Waals surface area contributed by atoms with Crippen LogP contribution in [0.25, 0.3) is 6.08 Å². The summed E-state index contributed by atoms with van der Waals surface area (Å²) in [7, 11) is 2.80. The van der Waals surface area contributed by atoms with Crippen molar-refractivity contribution in [2.24, 2.45) is 0 Å². The SMILES string of the molecule is COc1cc(C=C2NC(=O)N(c3cccc(Cl)c3)C2=O)cc(OC)c1O. The molecule has 7 nitrogen and oxygen atoms in total. The minimum Gasteiger partial charge on any atom is -0.502 e. The number of methoxy groups -OCH3 is 2. The number of phenolic OH excluding ortho intramolecular Hbond substituents is 1. The number of carbonyl (C=O) groups excluding carboxylic acids is 2. The number of aromatic hydroxyl groups is 1. The number of halogens is 1. The van der Waals surface area contributed by atoms with Crippen molar-refractivity contribution < 1.29 is 24.2 Å². The predicted molar refractivity (Wildman–Crippen MR) is 96.7 cm³/mol. The highest BCUT2D eigenvalue weighted by Gasteiger charge is 2.35. The maximum absolute atomic E-state index is 12.6. The molecule has 3 rings (SSSR count). The molecule has 0 radical (unpaired) electrons. The summed E-state index contributed by atoms with van der Waals surface area (Å²) >= 11 is 5.93. The number of hydrogen-bond donors (Lipinski definition) is 2. The molecule has 2 aromatic rings. The minimum atomic E-state index is -0.582. The second-order valence-electron chi connectivity index (χ2n) is 5.38. The van der Waals surface area contributed by atoms with Gasteiger partial charge in [0, 0.05) is 5.02 Å². The van der Waals surface area contributed by atoms with E-state index < -0.39 is 11.9 Å². The highest BCUT2D eigenvalue weighted by Crippen LogP contribution is 2.38. The lowest BCUT2D eigenvalue weighted by Gasteiger charge is -2.11. The molecule has 0 bridgehead atoms.